The van der Waals surface area contributed by atoms with E-state index in [0.717, 1.165) is 12.1 Å². The van der Waals surface area contributed by atoms with Gasteiger partial charge in [0.15, 0.2) is 17.4 Å². The summed E-state index contributed by atoms with van der Waals surface area (Å²) in [6.45, 7) is 2.02. The van der Waals surface area contributed by atoms with E-state index in [0.29, 0.717) is 6.61 Å². The minimum atomic E-state index is -1.02. The van der Waals surface area contributed by atoms with Gasteiger partial charge in [0.1, 0.15) is 5.75 Å². The Morgan fingerprint density at radius 3 is 2.25 bits per heavy atom. The van der Waals surface area contributed by atoms with Gasteiger partial charge in [-0.15, -0.1) is 0 Å². The number of rotatable bonds is 2. The zero-order chi connectivity index (χ0) is 9.14. The number of hydrogen-bond acceptors (Lipinski definition) is 2. The van der Waals surface area contributed by atoms with Gasteiger partial charge in [-0.1, -0.05) is 0 Å². The van der Waals surface area contributed by atoms with Gasteiger partial charge in [0.25, 0.3) is 0 Å². The molecule has 1 aromatic carbocycles. The highest BCUT2D eigenvalue weighted by atomic mass is 19.1. The molecule has 0 saturated carbocycles. The molecule has 12 heavy (non-hydrogen) atoms. The minimum absolute atomic E-state index is 0.0744. The molecular weight excluding hydrogens is 166 g/mol. The fourth-order valence-electron chi connectivity index (χ4n) is 0.792. The van der Waals surface area contributed by atoms with E-state index < -0.39 is 17.4 Å². The van der Waals surface area contributed by atoms with Crippen LogP contribution in [0.2, 0.25) is 0 Å². The van der Waals surface area contributed by atoms with Crippen LogP contribution < -0.4 is 4.74 Å². The molecule has 0 aromatic heterocycles. The Balaban J connectivity index is 3.04. The Hall–Kier alpha value is -1.32. The molecule has 4 heteroatoms. The first-order valence-electron chi connectivity index (χ1n) is 3.46. The lowest BCUT2D eigenvalue weighted by Crippen LogP contribution is -1.93. The largest absolute Gasteiger partial charge is 0.503 e. The van der Waals surface area contributed by atoms with E-state index in [1.54, 1.807) is 6.92 Å². The summed E-state index contributed by atoms with van der Waals surface area (Å²) >= 11 is 0. The van der Waals surface area contributed by atoms with Crippen LogP contribution in [0.15, 0.2) is 12.1 Å². The Morgan fingerprint density at radius 2 is 1.83 bits per heavy atom. The van der Waals surface area contributed by atoms with Gasteiger partial charge >= 0.3 is 0 Å². The van der Waals surface area contributed by atoms with Crippen molar-refractivity contribution in [2.45, 2.75) is 6.92 Å². The summed E-state index contributed by atoms with van der Waals surface area (Å²) in [6, 6.07) is 1.86. The highest BCUT2D eigenvalue weighted by Gasteiger charge is 2.09. The van der Waals surface area contributed by atoms with Crippen molar-refractivity contribution < 1.29 is 18.6 Å². The van der Waals surface area contributed by atoms with E-state index in [4.69, 9.17) is 9.84 Å². The van der Waals surface area contributed by atoms with E-state index in [2.05, 4.69) is 0 Å². The number of phenolic OH excluding ortho intramolecular Hbond substituents is 1. The van der Waals surface area contributed by atoms with Crippen LogP contribution in [0.25, 0.3) is 0 Å². The van der Waals surface area contributed by atoms with Gasteiger partial charge in [-0.25, -0.2) is 8.78 Å². The van der Waals surface area contributed by atoms with Crippen LogP contribution in [0.1, 0.15) is 6.92 Å². The summed E-state index contributed by atoms with van der Waals surface area (Å²) in [7, 11) is 0. The zero-order valence-electron chi connectivity index (χ0n) is 6.47. The van der Waals surface area contributed by atoms with E-state index in [-0.39, 0.29) is 5.75 Å². The lowest BCUT2D eigenvalue weighted by molar-refractivity contribution is 0.329. The van der Waals surface area contributed by atoms with Crippen molar-refractivity contribution in [3.05, 3.63) is 23.8 Å². The van der Waals surface area contributed by atoms with Crippen molar-refractivity contribution in [1.82, 2.24) is 0 Å². The predicted molar refractivity (Wildman–Crippen MR) is 39.2 cm³/mol. The van der Waals surface area contributed by atoms with Crippen LogP contribution >= 0.6 is 0 Å². The first kappa shape index (κ1) is 8.77. The van der Waals surface area contributed by atoms with Gasteiger partial charge in [0.05, 0.1) is 6.61 Å². The number of ether oxygens (including phenoxy) is 1. The molecule has 1 aromatic rings. The number of halogens is 2. The fourth-order valence-corrected chi connectivity index (χ4v) is 0.792. The van der Waals surface area contributed by atoms with Crippen LogP contribution in [0.4, 0.5) is 8.78 Å². The Labute approximate surface area is 68.4 Å². The van der Waals surface area contributed by atoms with Crippen molar-refractivity contribution in [1.29, 1.82) is 0 Å². The highest BCUT2D eigenvalue weighted by Crippen LogP contribution is 2.25. The van der Waals surface area contributed by atoms with Crippen molar-refractivity contribution in [3.63, 3.8) is 0 Å². The molecule has 2 nitrogen and oxygen atoms in total. The molecule has 0 aliphatic heterocycles. The van der Waals surface area contributed by atoms with Gasteiger partial charge < -0.3 is 9.84 Å². The van der Waals surface area contributed by atoms with Gasteiger partial charge in [-0.3, -0.25) is 0 Å². The molecule has 0 spiro atoms. The highest BCUT2D eigenvalue weighted by molar-refractivity contribution is 5.33. The fraction of sp³-hybridized carbons (Fsp3) is 0.250. The molecule has 0 amide bonds. The molecule has 0 bridgehead atoms. The molecule has 0 saturated heterocycles. The van der Waals surface area contributed by atoms with Crippen LogP contribution in [0.3, 0.4) is 0 Å². The average molecular weight is 174 g/mol. The zero-order valence-corrected chi connectivity index (χ0v) is 6.47. The average Bonchev–Trinajstić information content (AvgIpc) is 2.01. The van der Waals surface area contributed by atoms with E-state index in [9.17, 15) is 8.78 Å². The minimum Gasteiger partial charge on any atom is -0.503 e. The number of hydrogen-bond donors (Lipinski definition) is 1. The SMILES string of the molecule is CCOc1cc(F)c(O)c(F)c1. The third-order valence-corrected chi connectivity index (χ3v) is 1.30. The van der Waals surface area contributed by atoms with Crippen molar-refractivity contribution in [2.24, 2.45) is 0 Å². The Bertz CT molecular complexity index is 263. The summed E-state index contributed by atoms with van der Waals surface area (Å²) in [4.78, 5) is 0. The molecule has 0 fully saturated rings. The topological polar surface area (TPSA) is 29.5 Å². The van der Waals surface area contributed by atoms with Gasteiger partial charge in [0, 0.05) is 12.1 Å². The standard InChI is InChI=1S/C8H8F2O2/c1-2-12-5-3-6(9)8(11)7(10)4-5/h3-4,11H,2H2,1H3. The summed E-state index contributed by atoms with van der Waals surface area (Å²) < 4.78 is 30.0. The maximum Gasteiger partial charge on any atom is 0.188 e. The first-order chi connectivity index (χ1) is 5.65. The van der Waals surface area contributed by atoms with Gasteiger partial charge in [-0.2, -0.15) is 0 Å². The van der Waals surface area contributed by atoms with Crippen LogP contribution in [-0.4, -0.2) is 11.7 Å². The molecule has 0 heterocycles. The van der Waals surface area contributed by atoms with Crippen molar-refractivity contribution in [3.8, 4) is 11.5 Å². The lowest BCUT2D eigenvalue weighted by atomic mass is 10.3. The Morgan fingerprint density at radius 1 is 1.33 bits per heavy atom. The monoisotopic (exact) mass is 174 g/mol. The number of benzene rings is 1. The molecular formula is C8H8F2O2. The van der Waals surface area contributed by atoms with E-state index >= 15 is 0 Å². The van der Waals surface area contributed by atoms with E-state index in [1.165, 1.54) is 0 Å². The number of phenols is 1. The predicted octanol–water partition coefficient (Wildman–Crippen LogP) is 2.07. The third-order valence-electron chi connectivity index (χ3n) is 1.30. The molecule has 0 aliphatic rings. The summed E-state index contributed by atoms with van der Waals surface area (Å²) in [5, 5.41) is 8.69. The smallest absolute Gasteiger partial charge is 0.188 e. The molecule has 1 rings (SSSR count). The quantitative estimate of drug-likeness (QED) is 0.743. The number of aromatic hydroxyl groups is 1. The summed E-state index contributed by atoms with van der Waals surface area (Å²) in [5.74, 6) is -2.93. The maximum atomic E-state index is 12.6. The molecule has 1 N–H and O–H groups in total. The molecule has 0 unspecified atom stereocenters. The van der Waals surface area contributed by atoms with Crippen LogP contribution in [0.5, 0.6) is 11.5 Å². The van der Waals surface area contributed by atoms with Crippen LogP contribution in [0, 0.1) is 11.6 Å². The van der Waals surface area contributed by atoms with Gasteiger partial charge in [-0.05, 0) is 6.92 Å². The molecule has 0 aliphatic carbocycles. The first-order valence-corrected chi connectivity index (χ1v) is 3.46. The Kier molecular flexibility index (Phi) is 2.47. The molecule has 0 radical (unpaired) electrons. The van der Waals surface area contributed by atoms with Gasteiger partial charge in [0.2, 0.25) is 0 Å². The summed E-state index contributed by atoms with van der Waals surface area (Å²) in [6.07, 6.45) is 0. The second kappa shape index (κ2) is 3.38. The molecule has 0 atom stereocenters. The van der Waals surface area contributed by atoms with E-state index in [1.807, 2.05) is 0 Å². The third kappa shape index (κ3) is 1.64. The lowest BCUT2D eigenvalue weighted by Gasteiger charge is -2.03. The summed E-state index contributed by atoms with van der Waals surface area (Å²) in [5.41, 5.74) is 0. The van der Waals surface area contributed by atoms with Crippen molar-refractivity contribution >= 4 is 0 Å². The van der Waals surface area contributed by atoms with Crippen molar-refractivity contribution in [2.75, 3.05) is 6.61 Å². The normalized spacial score (nSPS) is 9.92. The van der Waals surface area contributed by atoms with Crippen LogP contribution in [-0.2, 0) is 0 Å². The molecule has 66 valence electrons. The second-order valence-electron chi connectivity index (χ2n) is 2.17. The second-order valence-corrected chi connectivity index (χ2v) is 2.17. The maximum absolute atomic E-state index is 12.6.